The summed E-state index contributed by atoms with van der Waals surface area (Å²) in [5, 5.41) is 9.40. The zero-order chi connectivity index (χ0) is 16.2. The molecular weight excluding hydrogens is 286 g/mol. The summed E-state index contributed by atoms with van der Waals surface area (Å²) in [5.74, 6) is 0. The smallest absolute Gasteiger partial charge is 0.168 e. The van der Waals surface area contributed by atoms with Crippen LogP contribution in [0.15, 0.2) is 59.7 Å². The van der Waals surface area contributed by atoms with E-state index in [4.69, 9.17) is 0 Å². The average molecular weight is 301 g/mol. The molecule has 23 heavy (non-hydrogen) atoms. The fourth-order valence-corrected chi connectivity index (χ4v) is 2.17. The molecule has 1 aromatic heterocycles. The maximum Gasteiger partial charge on any atom is 0.168 e. The van der Waals surface area contributed by atoms with Gasteiger partial charge in [-0.15, -0.1) is 0 Å². The van der Waals surface area contributed by atoms with Crippen molar-refractivity contribution >= 4 is 28.1 Å². The summed E-state index contributed by atoms with van der Waals surface area (Å²) in [6, 6.07) is 17.3. The zero-order valence-electron chi connectivity index (χ0n) is 12.9. The highest BCUT2D eigenvalue weighted by molar-refractivity contribution is 6.11. The predicted molar refractivity (Wildman–Crippen MR) is 92.1 cm³/mol. The first-order chi connectivity index (χ1) is 11.2. The first-order valence-corrected chi connectivity index (χ1v) is 7.16. The monoisotopic (exact) mass is 301 g/mol. The Morgan fingerprint density at radius 1 is 1.04 bits per heavy atom. The second-order valence-electron chi connectivity index (χ2n) is 5.23. The molecule has 3 aromatic rings. The van der Waals surface area contributed by atoms with Crippen molar-refractivity contribution in [3.05, 3.63) is 60.4 Å². The summed E-state index contributed by atoms with van der Waals surface area (Å²) in [7, 11) is 3.95. The number of benzene rings is 2. The fourth-order valence-electron chi connectivity index (χ4n) is 2.17. The molecule has 5 nitrogen and oxygen atoms in total. The summed E-state index contributed by atoms with van der Waals surface area (Å²) in [6.45, 7) is 0. The quantitative estimate of drug-likeness (QED) is 0.696. The van der Waals surface area contributed by atoms with Crippen molar-refractivity contribution in [1.82, 2.24) is 9.97 Å². The van der Waals surface area contributed by atoms with Gasteiger partial charge in [0.2, 0.25) is 0 Å². The van der Waals surface area contributed by atoms with E-state index in [1.165, 1.54) is 0 Å². The van der Waals surface area contributed by atoms with Crippen molar-refractivity contribution in [3.63, 3.8) is 0 Å². The van der Waals surface area contributed by atoms with E-state index in [0.717, 1.165) is 16.7 Å². The minimum Gasteiger partial charge on any atom is -0.378 e. The Morgan fingerprint density at radius 2 is 1.74 bits per heavy atom. The van der Waals surface area contributed by atoms with Crippen LogP contribution in [-0.4, -0.2) is 29.8 Å². The topological polar surface area (TPSA) is 65.2 Å². The molecule has 0 amide bonds. The Labute approximate surface area is 134 Å². The molecule has 5 heteroatoms. The van der Waals surface area contributed by atoms with Gasteiger partial charge in [-0.25, -0.2) is 9.98 Å². The summed E-state index contributed by atoms with van der Waals surface area (Å²) < 4.78 is 0. The van der Waals surface area contributed by atoms with Crippen molar-refractivity contribution in [2.75, 3.05) is 19.0 Å². The molecule has 0 fully saturated rings. The van der Waals surface area contributed by atoms with Gasteiger partial charge in [0.05, 0.1) is 22.9 Å². The first kappa shape index (κ1) is 14.7. The van der Waals surface area contributed by atoms with Crippen molar-refractivity contribution in [2.45, 2.75) is 0 Å². The molecule has 2 aromatic carbocycles. The third-order valence-electron chi connectivity index (χ3n) is 3.40. The fraction of sp³-hybridized carbons (Fsp3) is 0.111. The van der Waals surface area contributed by atoms with Crippen LogP contribution < -0.4 is 4.90 Å². The highest BCUT2D eigenvalue weighted by Gasteiger charge is 2.07. The van der Waals surface area contributed by atoms with Crippen molar-refractivity contribution < 1.29 is 0 Å². The molecule has 112 valence electrons. The molecule has 0 radical (unpaired) electrons. The van der Waals surface area contributed by atoms with Crippen LogP contribution in [0.5, 0.6) is 0 Å². The maximum atomic E-state index is 9.40. The number of rotatable bonds is 3. The molecule has 0 atom stereocenters. The minimum absolute atomic E-state index is 0.251. The second-order valence-corrected chi connectivity index (χ2v) is 5.23. The van der Waals surface area contributed by atoms with Crippen LogP contribution >= 0.6 is 0 Å². The number of hydrogen-bond donors (Lipinski definition) is 0. The van der Waals surface area contributed by atoms with E-state index in [1.54, 1.807) is 6.20 Å². The summed E-state index contributed by atoms with van der Waals surface area (Å²) in [5.41, 5.74) is 4.05. The van der Waals surface area contributed by atoms with Gasteiger partial charge in [0.1, 0.15) is 11.8 Å². The largest absolute Gasteiger partial charge is 0.378 e. The Kier molecular flexibility index (Phi) is 3.98. The highest BCUT2D eigenvalue weighted by atomic mass is 15.1. The van der Waals surface area contributed by atoms with Gasteiger partial charge in [-0.1, -0.05) is 12.1 Å². The number of hydrogen-bond acceptors (Lipinski definition) is 5. The number of nitriles is 1. The van der Waals surface area contributed by atoms with E-state index in [1.807, 2.05) is 67.5 Å². The lowest BCUT2D eigenvalue weighted by Gasteiger charge is -2.11. The van der Waals surface area contributed by atoms with Crippen molar-refractivity contribution in [2.24, 2.45) is 4.99 Å². The number of nitrogens with zero attached hydrogens (tertiary/aromatic N) is 5. The molecule has 0 aliphatic carbocycles. The van der Waals surface area contributed by atoms with Crippen LogP contribution in [0.1, 0.15) is 5.69 Å². The Morgan fingerprint density at radius 3 is 2.39 bits per heavy atom. The molecule has 0 aliphatic heterocycles. The van der Waals surface area contributed by atoms with Crippen LogP contribution in [0.2, 0.25) is 0 Å². The SMILES string of the molecule is CN(C)c1ccc(N=C(C#N)c2cnc3ccccc3n2)cc1. The van der Waals surface area contributed by atoms with Gasteiger partial charge < -0.3 is 4.90 Å². The van der Waals surface area contributed by atoms with Crippen LogP contribution in [-0.2, 0) is 0 Å². The van der Waals surface area contributed by atoms with E-state index in [9.17, 15) is 5.26 Å². The summed E-state index contributed by atoms with van der Waals surface area (Å²) in [6.07, 6.45) is 1.58. The van der Waals surface area contributed by atoms with Gasteiger partial charge in [-0.2, -0.15) is 5.26 Å². The molecule has 0 N–H and O–H groups in total. The first-order valence-electron chi connectivity index (χ1n) is 7.16. The van der Waals surface area contributed by atoms with E-state index in [-0.39, 0.29) is 5.71 Å². The molecule has 0 spiro atoms. The molecule has 1 heterocycles. The number of fused-ring (bicyclic) bond motifs is 1. The van der Waals surface area contributed by atoms with Gasteiger partial charge >= 0.3 is 0 Å². The summed E-state index contributed by atoms with van der Waals surface area (Å²) >= 11 is 0. The Hall–Kier alpha value is -3.26. The molecule has 0 saturated heterocycles. The molecule has 0 saturated carbocycles. The van der Waals surface area contributed by atoms with E-state index < -0.39 is 0 Å². The lowest BCUT2D eigenvalue weighted by Crippen LogP contribution is -2.07. The standard InChI is InChI=1S/C18H15N5/c1-23(2)14-9-7-13(8-10-14)21-17(11-19)18-12-20-15-5-3-4-6-16(15)22-18/h3-10,12H,1-2H3. The Bertz CT molecular complexity index is 905. The maximum absolute atomic E-state index is 9.40. The third kappa shape index (κ3) is 3.16. The Balaban J connectivity index is 1.98. The van der Waals surface area contributed by atoms with Crippen LogP contribution in [0.3, 0.4) is 0 Å². The van der Waals surface area contributed by atoms with Crippen molar-refractivity contribution in [1.29, 1.82) is 5.26 Å². The van der Waals surface area contributed by atoms with Gasteiger partial charge in [0, 0.05) is 19.8 Å². The molecular formula is C18H15N5. The van der Waals surface area contributed by atoms with Gasteiger partial charge in [-0.3, -0.25) is 4.98 Å². The predicted octanol–water partition coefficient (Wildman–Crippen LogP) is 3.34. The van der Waals surface area contributed by atoms with Crippen LogP contribution in [0, 0.1) is 11.3 Å². The number of para-hydroxylation sites is 2. The second kappa shape index (κ2) is 6.24. The molecule has 0 unspecified atom stereocenters. The van der Waals surface area contributed by atoms with E-state index >= 15 is 0 Å². The van der Waals surface area contributed by atoms with Gasteiger partial charge in [0.25, 0.3) is 0 Å². The van der Waals surface area contributed by atoms with Crippen LogP contribution in [0.4, 0.5) is 11.4 Å². The van der Waals surface area contributed by atoms with Crippen molar-refractivity contribution in [3.8, 4) is 6.07 Å². The molecule has 3 rings (SSSR count). The minimum atomic E-state index is 0.251. The lowest BCUT2D eigenvalue weighted by atomic mass is 10.2. The zero-order valence-corrected chi connectivity index (χ0v) is 12.9. The number of anilines is 1. The number of aromatic nitrogens is 2. The summed E-state index contributed by atoms with van der Waals surface area (Å²) in [4.78, 5) is 15.2. The van der Waals surface area contributed by atoms with Gasteiger partial charge in [-0.05, 0) is 36.4 Å². The van der Waals surface area contributed by atoms with Crippen LogP contribution in [0.25, 0.3) is 11.0 Å². The number of aliphatic imine (C=N–C) groups is 1. The van der Waals surface area contributed by atoms with E-state index in [0.29, 0.717) is 11.4 Å². The third-order valence-corrected chi connectivity index (χ3v) is 3.40. The average Bonchev–Trinajstić information content (AvgIpc) is 2.59. The molecule has 0 bridgehead atoms. The van der Waals surface area contributed by atoms with Gasteiger partial charge in [0.15, 0.2) is 5.71 Å². The normalized spacial score (nSPS) is 11.3. The van der Waals surface area contributed by atoms with E-state index in [2.05, 4.69) is 21.0 Å². The highest BCUT2D eigenvalue weighted by Crippen LogP contribution is 2.19. The molecule has 0 aliphatic rings. The lowest BCUT2D eigenvalue weighted by molar-refractivity contribution is 1.13.